The number of hydrogen-bond acceptors (Lipinski definition) is 5. The van der Waals surface area contributed by atoms with Crippen LogP contribution in [0.3, 0.4) is 0 Å². The molecular weight excluding hydrogens is 238 g/mol. The van der Waals surface area contributed by atoms with E-state index in [9.17, 15) is 20.1 Å². The Hall–Kier alpha value is -2.76. The summed E-state index contributed by atoms with van der Waals surface area (Å²) in [5.41, 5.74) is -0.303. The Morgan fingerprint density at radius 1 is 1.11 bits per heavy atom. The van der Waals surface area contributed by atoms with E-state index in [0.717, 1.165) is 6.07 Å². The molecular formula is C12H9NO5. The zero-order valence-corrected chi connectivity index (χ0v) is 9.03. The molecule has 92 valence electrons. The van der Waals surface area contributed by atoms with Crippen molar-refractivity contribution >= 4 is 5.97 Å². The highest BCUT2D eigenvalue weighted by molar-refractivity contribution is 5.99. The fraction of sp³-hybridized carbons (Fsp3) is 0. The number of carbonyl (C=O) groups is 1. The van der Waals surface area contributed by atoms with Crippen molar-refractivity contribution < 1.29 is 25.2 Å². The molecule has 0 saturated heterocycles. The monoisotopic (exact) mass is 247 g/mol. The van der Waals surface area contributed by atoms with Crippen LogP contribution in [0.4, 0.5) is 0 Å². The Balaban J connectivity index is 2.80. The summed E-state index contributed by atoms with van der Waals surface area (Å²) in [6.07, 6.45) is 1.42. The van der Waals surface area contributed by atoms with E-state index in [1.165, 1.54) is 12.3 Å². The second-order valence-corrected chi connectivity index (χ2v) is 3.54. The highest BCUT2D eigenvalue weighted by Crippen LogP contribution is 2.44. The van der Waals surface area contributed by atoms with Gasteiger partial charge in [-0.3, -0.25) is 4.98 Å². The maximum Gasteiger partial charge on any atom is 0.336 e. The first kappa shape index (κ1) is 11.7. The zero-order chi connectivity index (χ0) is 13.3. The number of aromatic hydroxyl groups is 3. The molecule has 0 saturated carbocycles. The van der Waals surface area contributed by atoms with E-state index in [1.54, 1.807) is 12.1 Å². The van der Waals surface area contributed by atoms with Gasteiger partial charge in [-0.1, -0.05) is 6.07 Å². The van der Waals surface area contributed by atoms with E-state index in [1.807, 2.05) is 0 Å². The number of pyridine rings is 1. The van der Waals surface area contributed by atoms with Gasteiger partial charge in [0.1, 0.15) is 0 Å². The third-order valence-corrected chi connectivity index (χ3v) is 2.41. The number of rotatable bonds is 2. The lowest BCUT2D eigenvalue weighted by atomic mass is 10.0. The summed E-state index contributed by atoms with van der Waals surface area (Å²) < 4.78 is 0. The Labute approximate surface area is 101 Å². The average Bonchev–Trinajstić information content (AvgIpc) is 2.36. The molecule has 1 aromatic heterocycles. The molecule has 1 heterocycles. The maximum atomic E-state index is 11.1. The number of hydrogen-bond donors (Lipinski definition) is 4. The Morgan fingerprint density at radius 2 is 1.83 bits per heavy atom. The van der Waals surface area contributed by atoms with E-state index in [4.69, 9.17) is 5.11 Å². The van der Waals surface area contributed by atoms with Crippen LogP contribution in [0.5, 0.6) is 17.2 Å². The van der Waals surface area contributed by atoms with Gasteiger partial charge in [0.25, 0.3) is 0 Å². The summed E-state index contributed by atoms with van der Waals surface area (Å²) in [6.45, 7) is 0. The minimum atomic E-state index is -1.35. The van der Waals surface area contributed by atoms with Gasteiger partial charge in [0.2, 0.25) is 5.75 Å². The summed E-state index contributed by atoms with van der Waals surface area (Å²) in [6, 6.07) is 5.58. The number of aromatic carboxylic acids is 1. The number of nitrogens with zero attached hydrogens (tertiary/aromatic N) is 1. The van der Waals surface area contributed by atoms with Crippen LogP contribution in [-0.4, -0.2) is 31.4 Å². The Kier molecular flexibility index (Phi) is 2.77. The fourth-order valence-electron chi connectivity index (χ4n) is 1.58. The molecule has 0 spiro atoms. The summed E-state index contributed by atoms with van der Waals surface area (Å²) in [4.78, 5) is 15.0. The van der Waals surface area contributed by atoms with E-state index in [-0.39, 0.29) is 16.8 Å². The number of carboxylic acid groups (broad SMARTS) is 1. The Bertz CT molecular complexity index is 610. The fourth-order valence-corrected chi connectivity index (χ4v) is 1.58. The van der Waals surface area contributed by atoms with Gasteiger partial charge < -0.3 is 20.4 Å². The summed E-state index contributed by atoms with van der Waals surface area (Å²) in [7, 11) is 0. The van der Waals surface area contributed by atoms with Crippen molar-refractivity contribution in [1.29, 1.82) is 0 Å². The van der Waals surface area contributed by atoms with E-state index < -0.39 is 23.2 Å². The van der Waals surface area contributed by atoms with Gasteiger partial charge in [0.15, 0.2) is 11.5 Å². The first-order valence-electron chi connectivity index (χ1n) is 4.95. The molecule has 0 amide bonds. The lowest BCUT2D eigenvalue weighted by Gasteiger charge is -2.10. The average molecular weight is 247 g/mol. The number of aromatic nitrogens is 1. The van der Waals surface area contributed by atoms with Gasteiger partial charge >= 0.3 is 5.97 Å². The van der Waals surface area contributed by atoms with Gasteiger partial charge in [0.05, 0.1) is 16.8 Å². The van der Waals surface area contributed by atoms with E-state index in [2.05, 4.69) is 4.98 Å². The predicted molar refractivity (Wildman–Crippen MR) is 61.6 cm³/mol. The molecule has 0 aliphatic rings. The molecule has 2 rings (SSSR count). The second kappa shape index (κ2) is 4.25. The van der Waals surface area contributed by atoms with Crippen molar-refractivity contribution in [1.82, 2.24) is 4.98 Å². The third kappa shape index (κ3) is 1.80. The minimum absolute atomic E-state index is 0.140. The van der Waals surface area contributed by atoms with Crippen LogP contribution < -0.4 is 0 Å². The summed E-state index contributed by atoms with van der Waals surface area (Å²) >= 11 is 0. The molecule has 1 aromatic carbocycles. The largest absolute Gasteiger partial charge is 0.504 e. The number of carboxylic acids is 1. The Morgan fingerprint density at radius 3 is 2.39 bits per heavy atom. The molecule has 0 unspecified atom stereocenters. The van der Waals surface area contributed by atoms with Gasteiger partial charge in [-0.25, -0.2) is 4.79 Å². The van der Waals surface area contributed by atoms with Crippen molar-refractivity contribution in [3.8, 4) is 28.5 Å². The van der Waals surface area contributed by atoms with Crippen molar-refractivity contribution in [3.63, 3.8) is 0 Å². The molecule has 6 heteroatoms. The van der Waals surface area contributed by atoms with Crippen LogP contribution in [0.15, 0.2) is 30.5 Å². The molecule has 0 fully saturated rings. The summed E-state index contributed by atoms with van der Waals surface area (Å²) in [5, 5.41) is 37.5. The molecule has 0 atom stereocenters. The third-order valence-electron chi connectivity index (χ3n) is 2.41. The minimum Gasteiger partial charge on any atom is -0.504 e. The highest BCUT2D eigenvalue weighted by Gasteiger charge is 2.22. The van der Waals surface area contributed by atoms with E-state index in [0.29, 0.717) is 0 Å². The van der Waals surface area contributed by atoms with Crippen LogP contribution in [0.25, 0.3) is 11.3 Å². The topological polar surface area (TPSA) is 111 Å². The number of phenolic OH excluding ortho intramolecular Hbond substituents is 3. The van der Waals surface area contributed by atoms with Crippen LogP contribution in [0, 0.1) is 0 Å². The first-order valence-corrected chi connectivity index (χ1v) is 4.95. The second-order valence-electron chi connectivity index (χ2n) is 3.54. The first-order chi connectivity index (χ1) is 8.52. The lowest BCUT2D eigenvalue weighted by Crippen LogP contribution is -2.01. The van der Waals surface area contributed by atoms with Crippen molar-refractivity contribution in [2.24, 2.45) is 0 Å². The molecule has 2 aromatic rings. The zero-order valence-electron chi connectivity index (χ0n) is 9.03. The van der Waals surface area contributed by atoms with E-state index >= 15 is 0 Å². The molecule has 18 heavy (non-hydrogen) atoms. The standard InChI is InChI=1S/C12H9NO5/c14-8-5-6(12(17)18)9(11(16)10(8)15)7-3-1-2-4-13-7/h1-5,14-16H,(H,17,18). The molecule has 6 nitrogen and oxygen atoms in total. The maximum absolute atomic E-state index is 11.1. The van der Waals surface area contributed by atoms with Crippen LogP contribution in [0.1, 0.15) is 10.4 Å². The smallest absolute Gasteiger partial charge is 0.336 e. The van der Waals surface area contributed by atoms with Crippen LogP contribution in [0.2, 0.25) is 0 Å². The normalized spacial score (nSPS) is 10.2. The van der Waals surface area contributed by atoms with Gasteiger partial charge in [-0.15, -0.1) is 0 Å². The molecule has 4 N–H and O–H groups in total. The molecule has 0 radical (unpaired) electrons. The molecule has 0 bridgehead atoms. The predicted octanol–water partition coefficient (Wildman–Crippen LogP) is 1.56. The van der Waals surface area contributed by atoms with Crippen LogP contribution in [-0.2, 0) is 0 Å². The summed E-state index contributed by atoms with van der Waals surface area (Å²) in [5.74, 6) is -3.54. The van der Waals surface area contributed by atoms with Crippen LogP contribution >= 0.6 is 0 Å². The highest BCUT2D eigenvalue weighted by atomic mass is 16.4. The van der Waals surface area contributed by atoms with Gasteiger partial charge in [-0.05, 0) is 18.2 Å². The molecule has 0 aliphatic heterocycles. The number of phenols is 3. The number of benzene rings is 1. The van der Waals surface area contributed by atoms with Crippen molar-refractivity contribution in [3.05, 3.63) is 36.0 Å². The molecule has 0 aliphatic carbocycles. The SMILES string of the molecule is O=C(O)c1cc(O)c(O)c(O)c1-c1ccccn1. The van der Waals surface area contributed by atoms with Gasteiger partial charge in [0, 0.05) is 6.20 Å². The van der Waals surface area contributed by atoms with Crippen molar-refractivity contribution in [2.75, 3.05) is 0 Å². The lowest BCUT2D eigenvalue weighted by molar-refractivity contribution is 0.0696. The van der Waals surface area contributed by atoms with Gasteiger partial charge in [-0.2, -0.15) is 0 Å². The van der Waals surface area contributed by atoms with Crippen molar-refractivity contribution in [2.45, 2.75) is 0 Å². The quantitative estimate of drug-likeness (QED) is 0.599.